The topological polar surface area (TPSA) is 46.1 Å². The van der Waals surface area contributed by atoms with Crippen LogP contribution in [-0.2, 0) is 17.8 Å². The molecule has 2 aromatic heterocycles. The lowest BCUT2D eigenvalue weighted by Gasteiger charge is -2.19. The number of amides is 1. The third-order valence-electron chi connectivity index (χ3n) is 4.65. The summed E-state index contributed by atoms with van der Waals surface area (Å²) in [6.45, 7) is 2.25. The molecular formula is C20H14F3N3O. The molecule has 0 bridgehead atoms. The van der Waals surface area contributed by atoms with E-state index in [1.54, 1.807) is 23.4 Å². The number of halogens is 3. The molecule has 1 aromatic carbocycles. The molecule has 1 aliphatic heterocycles. The Morgan fingerprint density at radius 3 is 2.52 bits per heavy atom. The van der Waals surface area contributed by atoms with Crippen LogP contribution < -0.4 is 4.90 Å². The summed E-state index contributed by atoms with van der Waals surface area (Å²) < 4.78 is 40.3. The highest BCUT2D eigenvalue weighted by molar-refractivity contribution is 6.01. The van der Waals surface area contributed by atoms with Gasteiger partial charge in [0.05, 0.1) is 24.3 Å². The summed E-state index contributed by atoms with van der Waals surface area (Å²) in [4.78, 5) is 22.4. The predicted octanol–water partition coefficient (Wildman–Crippen LogP) is 3.96. The molecule has 1 aliphatic rings. The summed E-state index contributed by atoms with van der Waals surface area (Å²) >= 11 is 0. The Morgan fingerprint density at radius 2 is 1.81 bits per heavy atom. The van der Waals surface area contributed by atoms with E-state index in [9.17, 15) is 18.0 Å². The average Bonchev–Trinajstić information content (AvgIpc) is 2.96. The van der Waals surface area contributed by atoms with Crippen LogP contribution in [0.4, 0.5) is 18.9 Å². The molecule has 136 valence electrons. The van der Waals surface area contributed by atoms with Crippen molar-refractivity contribution in [2.45, 2.75) is 19.9 Å². The first-order chi connectivity index (χ1) is 12.9. The molecule has 0 spiro atoms. The van der Waals surface area contributed by atoms with E-state index < -0.39 is 17.5 Å². The monoisotopic (exact) mass is 369 g/mol. The maximum atomic E-state index is 13.6. The highest BCUT2D eigenvalue weighted by atomic mass is 19.2. The number of aromatic nitrogens is 2. The van der Waals surface area contributed by atoms with E-state index in [0.29, 0.717) is 23.5 Å². The van der Waals surface area contributed by atoms with Crippen LogP contribution in [0, 0.1) is 24.4 Å². The van der Waals surface area contributed by atoms with E-state index in [2.05, 4.69) is 9.97 Å². The fourth-order valence-electron chi connectivity index (χ4n) is 3.11. The van der Waals surface area contributed by atoms with Gasteiger partial charge < -0.3 is 4.90 Å². The lowest BCUT2D eigenvalue weighted by atomic mass is 10.1. The minimum Gasteiger partial charge on any atom is -0.306 e. The Hall–Kier alpha value is -3.22. The van der Waals surface area contributed by atoms with Gasteiger partial charge in [0.1, 0.15) is 0 Å². The standard InChI is InChI=1S/C20H14F3N3O/c1-11-2-3-24-8-14(11)10-26-18-6-13(9-25-17(18)7-19(26)27)12-4-15(21)20(23)16(22)5-12/h2-6,8-9H,7,10H2,1H3. The quantitative estimate of drug-likeness (QED) is 0.657. The molecule has 3 aromatic rings. The Kier molecular flexibility index (Phi) is 4.14. The summed E-state index contributed by atoms with van der Waals surface area (Å²) in [5, 5.41) is 0. The van der Waals surface area contributed by atoms with Crippen molar-refractivity contribution in [1.29, 1.82) is 0 Å². The zero-order valence-corrected chi connectivity index (χ0v) is 14.3. The maximum Gasteiger partial charge on any atom is 0.233 e. The molecule has 3 heterocycles. The van der Waals surface area contributed by atoms with Crippen molar-refractivity contribution >= 4 is 11.6 Å². The van der Waals surface area contributed by atoms with Crippen LogP contribution in [0.1, 0.15) is 16.8 Å². The van der Waals surface area contributed by atoms with Crippen LogP contribution in [0.25, 0.3) is 11.1 Å². The molecule has 0 radical (unpaired) electrons. The van der Waals surface area contributed by atoms with Crippen LogP contribution in [0.15, 0.2) is 42.9 Å². The van der Waals surface area contributed by atoms with Gasteiger partial charge in [-0.15, -0.1) is 0 Å². The smallest absolute Gasteiger partial charge is 0.233 e. The summed E-state index contributed by atoms with van der Waals surface area (Å²) in [6.07, 6.45) is 4.95. The fourth-order valence-corrected chi connectivity index (χ4v) is 3.11. The number of nitrogens with zero attached hydrogens (tertiary/aromatic N) is 3. The number of fused-ring (bicyclic) bond motifs is 1. The van der Waals surface area contributed by atoms with Gasteiger partial charge in [-0.25, -0.2) is 13.2 Å². The molecule has 0 fully saturated rings. The molecule has 4 nitrogen and oxygen atoms in total. The van der Waals surface area contributed by atoms with Crippen molar-refractivity contribution in [2.75, 3.05) is 4.90 Å². The summed E-state index contributed by atoms with van der Waals surface area (Å²) in [6, 6.07) is 5.32. The predicted molar refractivity (Wildman–Crippen MR) is 93.4 cm³/mol. The average molecular weight is 369 g/mol. The minimum atomic E-state index is -1.52. The van der Waals surface area contributed by atoms with Crippen LogP contribution in [0.5, 0.6) is 0 Å². The number of carbonyl (C=O) groups is 1. The van der Waals surface area contributed by atoms with Gasteiger partial charge in [0.2, 0.25) is 5.91 Å². The van der Waals surface area contributed by atoms with Crippen LogP contribution in [-0.4, -0.2) is 15.9 Å². The van der Waals surface area contributed by atoms with E-state index >= 15 is 0 Å². The van der Waals surface area contributed by atoms with Crippen LogP contribution >= 0.6 is 0 Å². The zero-order chi connectivity index (χ0) is 19.1. The van der Waals surface area contributed by atoms with E-state index in [1.165, 1.54) is 6.20 Å². The summed E-state index contributed by atoms with van der Waals surface area (Å²) in [5.41, 5.74) is 3.60. The zero-order valence-electron chi connectivity index (χ0n) is 14.3. The summed E-state index contributed by atoms with van der Waals surface area (Å²) in [7, 11) is 0. The lowest BCUT2D eigenvalue weighted by Crippen LogP contribution is -2.26. The molecule has 27 heavy (non-hydrogen) atoms. The van der Waals surface area contributed by atoms with Gasteiger partial charge in [0.25, 0.3) is 0 Å². The van der Waals surface area contributed by atoms with E-state index in [-0.39, 0.29) is 17.9 Å². The Balaban J connectivity index is 1.74. The van der Waals surface area contributed by atoms with Crippen LogP contribution in [0.3, 0.4) is 0 Å². The van der Waals surface area contributed by atoms with Crippen molar-refractivity contribution in [3.63, 3.8) is 0 Å². The van der Waals surface area contributed by atoms with Crippen molar-refractivity contribution < 1.29 is 18.0 Å². The largest absolute Gasteiger partial charge is 0.306 e. The van der Waals surface area contributed by atoms with Gasteiger partial charge in [0.15, 0.2) is 17.5 Å². The van der Waals surface area contributed by atoms with E-state index in [4.69, 9.17) is 0 Å². The summed E-state index contributed by atoms with van der Waals surface area (Å²) in [5.74, 6) is -4.18. The van der Waals surface area contributed by atoms with Crippen molar-refractivity contribution in [1.82, 2.24) is 9.97 Å². The Labute approximate surface area is 153 Å². The number of aryl methyl sites for hydroxylation is 1. The highest BCUT2D eigenvalue weighted by Crippen LogP contribution is 2.33. The molecule has 0 aliphatic carbocycles. The second kappa shape index (κ2) is 6.50. The van der Waals surface area contributed by atoms with Crippen LogP contribution in [0.2, 0.25) is 0 Å². The molecule has 0 saturated carbocycles. The number of benzene rings is 1. The van der Waals surface area contributed by atoms with E-state index in [0.717, 1.165) is 23.3 Å². The highest BCUT2D eigenvalue weighted by Gasteiger charge is 2.29. The first-order valence-corrected chi connectivity index (χ1v) is 8.27. The second-order valence-corrected chi connectivity index (χ2v) is 6.40. The first kappa shape index (κ1) is 17.2. The minimum absolute atomic E-state index is 0.116. The molecule has 4 rings (SSSR count). The number of anilines is 1. The second-order valence-electron chi connectivity index (χ2n) is 6.40. The van der Waals surface area contributed by atoms with Gasteiger partial charge in [-0.05, 0) is 47.9 Å². The van der Waals surface area contributed by atoms with E-state index in [1.807, 2.05) is 13.0 Å². The SMILES string of the molecule is Cc1ccncc1CN1C(=O)Cc2ncc(-c3cc(F)c(F)c(F)c3)cc21. The van der Waals surface area contributed by atoms with Crippen molar-refractivity contribution in [3.05, 3.63) is 77.1 Å². The molecule has 0 N–H and O–H groups in total. The third kappa shape index (κ3) is 3.05. The number of hydrogen-bond donors (Lipinski definition) is 0. The lowest BCUT2D eigenvalue weighted by molar-refractivity contribution is -0.117. The number of pyridine rings is 2. The normalized spacial score (nSPS) is 13.2. The first-order valence-electron chi connectivity index (χ1n) is 8.27. The molecule has 0 unspecified atom stereocenters. The number of carbonyl (C=O) groups excluding carboxylic acids is 1. The molecule has 7 heteroatoms. The number of hydrogen-bond acceptors (Lipinski definition) is 3. The third-order valence-corrected chi connectivity index (χ3v) is 4.65. The molecule has 0 atom stereocenters. The molecule has 1 amide bonds. The Morgan fingerprint density at radius 1 is 1.07 bits per heavy atom. The maximum absolute atomic E-state index is 13.6. The van der Waals surface area contributed by atoms with Gasteiger partial charge in [-0.3, -0.25) is 14.8 Å². The number of rotatable bonds is 3. The van der Waals surface area contributed by atoms with Gasteiger partial charge in [-0.2, -0.15) is 0 Å². The van der Waals surface area contributed by atoms with Gasteiger partial charge in [-0.1, -0.05) is 0 Å². The van der Waals surface area contributed by atoms with Gasteiger partial charge in [0, 0.05) is 24.2 Å². The molecule has 0 saturated heterocycles. The van der Waals surface area contributed by atoms with Crippen molar-refractivity contribution in [2.24, 2.45) is 0 Å². The fraction of sp³-hybridized carbons (Fsp3) is 0.150. The Bertz CT molecular complexity index is 1050. The molecular weight excluding hydrogens is 355 g/mol. The van der Waals surface area contributed by atoms with Gasteiger partial charge >= 0.3 is 0 Å². The van der Waals surface area contributed by atoms with Crippen molar-refractivity contribution in [3.8, 4) is 11.1 Å².